The second kappa shape index (κ2) is 9.43. The Labute approximate surface area is 244 Å². The Balaban J connectivity index is 1.51. The zero-order chi connectivity index (χ0) is 26.7. The van der Waals surface area contributed by atoms with E-state index in [4.69, 9.17) is 0 Å². The van der Waals surface area contributed by atoms with Crippen molar-refractivity contribution in [3.05, 3.63) is 143 Å². The minimum absolute atomic E-state index is 0.257. The third kappa shape index (κ3) is 3.18. The van der Waals surface area contributed by atoms with E-state index in [9.17, 15) is 4.79 Å². The van der Waals surface area contributed by atoms with Crippen molar-refractivity contribution in [1.29, 1.82) is 0 Å². The molecule has 0 aromatic heterocycles. The topological polar surface area (TPSA) is 20.3 Å². The lowest BCUT2D eigenvalue weighted by molar-refractivity contribution is 0.0956. The number of hydrogen-bond donors (Lipinski definition) is 0. The van der Waals surface area contributed by atoms with Crippen LogP contribution in [0.15, 0.2) is 109 Å². The van der Waals surface area contributed by atoms with E-state index in [1.54, 1.807) is 0 Å². The molecule has 198 valence electrons. The molecule has 0 amide bonds. The Hall–Kier alpha value is -3.21. The fourth-order valence-corrected chi connectivity index (χ4v) is 12.2. The van der Waals surface area contributed by atoms with Gasteiger partial charge in [-0.1, -0.05) is 109 Å². The van der Waals surface area contributed by atoms with Gasteiger partial charge in [-0.2, -0.15) is 0 Å². The Morgan fingerprint density at radius 3 is 2.02 bits per heavy atom. The van der Waals surface area contributed by atoms with Crippen molar-refractivity contribution in [2.24, 2.45) is 0 Å². The molecule has 40 heavy (non-hydrogen) atoms. The molecule has 4 aromatic carbocycles. The fraction of sp³-hybridized carbons (Fsp3) is 0.250. The lowest BCUT2D eigenvalue weighted by Gasteiger charge is -2.46. The van der Waals surface area contributed by atoms with Gasteiger partial charge in [0.1, 0.15) is 0 Å². The van der Waals surface area contributed by atoms with E-state index in [0.29, 0.717) is 0 Å². The second-order valence-corrected chi connectivity index (χ2v) is 14.0. The maximum atomic E-state index is 14.6. The number of ketones is 1. The van der Waals surface area contributed by atoms with Crippen molar-refractivity contribution in [3.63, 3.8) is 0 Å². The number of nitrogens with zero attached hydrogens (tertiary/aromatic N) is 1. The van der Waals surface area contributed by atoms with Crippen molar-refractivity contribution in [2.75, 3.05) is 18.2 Å². The van der Waals surface area contributed by atoms with Gasteiger partial charge in [0.15, 0.2) is 5.78 Å². The number of carbonyl (C=O) groups is 1. The van der Waals surface area contributed by atoms with E-state index in [1.807, 2.05) is 17.8 Å². The quantitative estimate of drug-likeness (QED) is 0.251. The average Bonchev–Trinajstić information content (AvgIpc) is 3.64. The normalized spacial score (nSPS) is 27.1. The molecule has 2 aliphatic heterocycles. The molecule has 2 spiro atoms. The van der Waals surface area contributed by atoms with Crippen LogP contribution in [0.2, 0.25) is 0 Å². The van der Waals surface area contributed by atoms with Gasteiger partial charge in [-0.15, -0.1) is 23.5 Å². The highest BCUT2D eigenvalue weighted by atomic mass is 32.2. The number of benzene rings is 4. The SMILES string of the molecule is O=C1c2ccccc2C2(SCSC23C(c2ccccc2)=C(N2CCCCC2)c2ccccc23)C1c1ccccc1. The van der Waals surface area contributed by atoms with Gasteiger partial charge in [-0.25, -0.2) is 0 Å². The summed E-state index contributed by atoms with van der Waals surface area (Å²) < 4.78 is -0.878. The summed E-state index contributed by atoms with van der Waals surface area (Å²) in [6.07, 6.45) is 3.74. The molecule has 4 aromatic rings. The number of rotatable bonds is 3. The van der Waals surface area contributed by atoms with Crippen LogP contribution in [0.25, 0.3) is 11.3 Å². The molecule has 3 unspecified atom stereocenters. The number of piperidine rings is 1. The molecule has 8 rings (SSSR count). The molecule has 2 aliphatic carbocycles. The van der Waals surface area contributed by atoms with Crippen LogP contribution in [-0.4, -0.2) is 28.9 Å². The van der Waals surface area contributed by atoms with Crippen molar-refractivity contribution in [1.82, 2.24) is 4.90 Å². The number of carbonyl (C=O) groups excluding carboxylic acids is 1. The van der Waals surface area contributed by atoms with Crippen LogP contribution in [0.1, 0.15) is 63.4 Å². The van der Waals surface area contributed by atoms with Crippen LogP contribution >= 0.6 is 23.5 Å². The van der Waals surface area contributed by atoms with Gasteiger partial charge in [-0.05, 0) is 41.5 Å². The smallest absolute Gasteiger partial charge is 0.172 e. The van der Waals surface area contributed by atoms with Gasteiger partial charge in [0.25, 0.3) is 0 Å². The number of thioether (sulfide) groups is 2. The van der Waals surface area contributed by atoms with E-state index in [0.717, 1.165) is 29.3 Å². The molecular formula is C36H31NOS2. The summed E-state index contributed by atoms with van der Waals surface area (Å²) in [5.41, 5.74) is 9.99. The summed E-state index contributed by atoms with van der Waals surface area (Å²) in [7, 11) is 0. The summed E-state index contributed by atoms with van der Waals surface area (Å²) in [6.45, 7) is 2.16. The first-order valence-electron chi connectivity index (χ1n) is 14.4. The average molecular weight is 558 g/mol. The summed E-state index contributed by atoms with van der Waals surface area (Å²) >= 11 is 4.05. The van der Waals surface area contributed by atoms with Crippen LogP contribution in [0.3, 0.4) is 0 Å². The highest BCUT2D eigenvalue weighted by molar-refractivity contribution is 8.20. The Bertz CT molecular complexity index is 1640. The summed E-state index contributed by atoms with van der Waals surface area (Å²) in [5, 5.41) is 0.933. The second-order valence-electron chi connectivity index (χ2n) is 11.3. The van der Waals surface area contributed by atoms with Crippen molar-refractivity contribution in [2.45, 2.75) is 34.7 Å². The third-order valence-electron chi connectivity index (χ3n) is 9.36. The van der Waals surface area contributed by atoms with E-state index < -0.39 is 9.49 Å². The maximum absolute atomic E-state index is 14.6. The molecule has 0 bridgehead atoms. The highest BCUT2D eigenvalue weighted by Crippen LogP contribution is 2.78. The van der Waals surface area contributed by atoms with E-state index >= 15 is 0 Å². The first-order chi connectivity index (χ1) is 19.8. The third-order valence-corrected chi connectivity index (χ3v) is 12.8. The maximum Gasteiger partial charge on any atom is 0.172 e. The minimum Gasteiger partial charge on any atom is -0.371 e. The van der Waals surface area contributed by atoms with Crippen molar-refractivity contribution >= 4 is 40.6 Å². The minimum atomic E-state index is -0.467. The molecule has 4 heteroatoms. The molecule has 2 nitrogen and oxygen atoms in total. The Morgan fingerprint density at radius 1 is 0.650 bits per heavy atom. The van der Waals surface area contributed by atoms with E-state index in [1.165, 1.54) is 52.8 Å². The first kappa shape index (κ1) is 24.6. The zero-order valence-corrected chi connectivity index (χ0v) is 24.0. The van der Waals surface area contributed by atoms with E-state index in [-0.39, 0.29) is 11.7 Å². The van der Waals surface area contributed by atoms with Gasteiger partial charge < -0.3 is 4.90 Å². The van der Waals surface area contributed by atoms with Crippen molar-refractivity contribution < 1.29 is 4.79 Å². The number of likely N-dealkylation sites (tertiary alicyclic amines) is 1. The lowest BCUT2D eigenvalue weighted by Crippen LogP contribution is -2.45. The number of hydrogen-bond acceptors (Lipinski definition) is 4. The van der Waals surface area contributed by atoms with Crippen LogP contribution < -0.4 is 0 Å². The summed E-state index contributed by atoms with van der Waals surface area (Å²) in [5.74, 6) is -0.00827. The summed E-state index contributed by atoms with van der Waals surface area (Å²) in [6, 6.07) is 39.3. The highest BCUT2D eigenvalue weighted by Gasteiger charge is 2.71. The predicted molar refractivity (Wildman–Crippen MR) is 168 cm³/mol. The largest absolute Gasteiger partial charge is 0.371 e. The zero-order valence-electron chi connectivity index (χ0n) is 22.4. The van der Waals surface area contributed by atoms with Crippen LogP contribution in [-0.2, 0) is 9.49 Å². The van der Waals surface area contributed by atoms with Crippen molar-refractivity contribution in [3.8, 4) is 0 Å². The van der Waals surface area contributed by atoms with Crippen LogP contribution in [0.4, 0.5) is 0 Å². The Morgan fingerprint density at radius 2 is 1.27 bits per heavy atom. The van der Waals surface area contributed by atoms with Gasteiger partial charge in [-0.3, -0.25) is 4.79 Å². The molecular weight excluding hydrogens is 527 g/mol. The number of Topliss-reactive ketones (excluding diaryl/α,β-unsaturated/α-hetero) is 1. The van der Waals surface area contributed by atoms with Crippen LogP contribution in [0.5, 0.6) is 0 Å². The lowest BCUT2D eigenvalue weighted by atomic mass is 9.70. The molecule has 0 radical (unpaired) electrons. The van der Waals surface area contributed by atoms with Gasteiger partial charge in [0, 0.05) is 40.6 Å². The monoisotopic (exact) mass is 557 g/mol. The van der Waals surface area contributed by atoms with Gasteiger partial charge in [0.2, 0.25) is 0 Å². The predicted octanol–water partition coefficient (Wildman–Crippen LogP) is 8.56. The van der Waals surface area contributed by atoms with Gasteiger partial charge in [0.05, 0.1) is 15.4 Å². The molecule has 4 aliphatic rings. The molecule has 2 fully saturated rings. The molecule has 2 saturated heterocycles. The van der Waals surface area contributed by atoms with Gasteiger partial charge >= 0.3 is 0 Å². The Kier molecular flexibility index (Phi) is 5.79. The van der Waals surface area contributed by atoms with Crippen LogP contribution in [0, 0.1) is 0 Å². The fourth-order valence-electron chi connectivity index (χ4n) is 7.88. The van der Waals surface area contributed by atoms with E-state index in [2.05, 4.69) is 120 Å². The molecule has 0 N–H and O–H groups in total. The molecule has 0 saturated carbocycles. The summed E-state index contributed by atoms with van der Waals surface area (Å²) in [4.78, 5) is 17.3. The molecule has 3 atom stereocenters. The first-order valence-corrected chi connectivity index (χ1v) is 16.4. The standard InChI is InChI=1S/C36H31NOS2/c38-34-28-19-9-11-21-30(28)36(32(34)26-16-6-2-7-17-26)35(39-24-40-36)29-20-10-8-18-27(29)33(37-22-12-3-13-23-37)31(35)25-14-4-1-5-15-25/h1-2,4-11,14-21,32H,3,12-13,22-24H2. The number of fused-ring (bicyclic) bond motifs is 5. The molecule has 2 heterocycles.